The fraction of sp³-hybridized carbons (Fsp3) is 0.667. The number of carbonyl (C=O) groups is 1. The molecule has 0 aromatic heterocycles. The van der Waals surface area contributed by atoms with Crippen molar-refractivity contribution in [3.63, 3.8) is 0 Å². The Bertz CT molecular complexity index is 105. The van der Waals surface area contributed by atoms with Gasteiger partial charge in [-0.25, -0.2) is 0 Å². The normalized spacial score (nSPS) is 16.2. The standard InChI is InChI=1S/C6H10ClNO/c1-2-5(3-8)6(7)4-9/h3-6,8H,2H2,1H3/t5?,6-/m1/s1. The second-order valence-corrected chi connectivity index (χ2v) is 2.32. The third-order valence-electron chi connectivity index (χ3n) is 1.22. The van der Waals surface area contributed by atoms with Crippen LogP contribution in [0.25, 0.3) is 0 Å². The Morgan fingerprint density at radius 2 is 2.33 bits per heavy atom. The number of hydrogen-bond donors (Lipinski definition) is 1. The first-order chi connectivity index (χ1) is 4.26. The van der Waals surface area contributed by atoms with Crippen LogP contribution < -0.4 is 0 Å². The van der Waals surface area contributed by atoms with Crippen molar-refractivity contribution in [2.24, 2.45) is 5.92 Å². The van der Waals surface area contributed by atoms with Crippen LogP contribution in [0.5, 0.6) is 0 Å². The molecule has 0 saturated carbocycles. The van der Waals surface area contributed by atoms with Crippen LogP contribution in [-0.2, 0) is 4.79 Å². The first-order valence-electron chi connectivity index (χ1n) is 2.86. The lowest BCUT2D eigenvalue weighted by atomic mass is 10.1. The summed E-state index contributed by atoms with van der Waals surface area (Å²) in [6.45, 7) is 1.90. The van der Waals surface area contributed by atoms with E-state index in [4.69, 9.17) is 17.0 Å². The van der Waals surface area contributed by atoms with E-state index in [2.05, 4.69) is 0 Å². The Balaban J connectivity index is 3.77. The van der Waals surface area contributed by atoms with Gasteiger partial charge in [-0.3, -0.25) is 0 Å². The molecular weight excluding hydrogens is 138 g/mol. The van der Waals surface area contributed by atoms with Crippen molar-refractivity contribution in [3.05, 3.63) is 0 Å². The number of halogens is 1. The highest BCUT2D eigenvalue weighted by Crippen LogP contribution is 2.09. The minimum Gasteiger partial charge on any atom is -0.313 e. The molecule has 52 valence electrons. The molecule has 0 aliphatic rings. The summed E-state index contributed by atoms with van der Waals surface area (Å²) in [7, 11) is 0. The summed E-state index contributed by atoms with van der Waals surface area (Å²) in [6, 6.07) is 0. The number of aldehydes is 1. The summed E-state index contributed by atoms with van der Waals surface area (Å²) in [5.74, 6) is -0.0934. The molecule has 0 aliphatic heterocycles. The van der Waals surface area contributed by atoms with Crippen LogP contribution in [0.1, 0.15) is 13.3 Å². The third kappa shape index (κ3) is 2.61. The maximum atomic E-state index is 10.0. The van der Waals surface area contributed by atoms with Crippen LogP contribution in [-0.4, -0.2) is 17.9 Å². The van der Waals surface area contributed by atoms with Crippen LogP contribution in [0.15, 0.2) is 0 Å². The molecule has 0 aliphatic carbocycles. The lowest BCUT2D eigenvalue weighted by molar-refractivity contribution is -0.108. The largest absolute Gasteiger partial charge is 0.313 e. The summed E-state index contributed by atoms with van der Waals surface area (Å²) in [5.41, 5.74) is 0. The van der Waals surface area contributed by atoms with Crippen molar-refractivity contribution in [1.82, 2.24) is 0 Å². The zero-order chi connectivity index (χ0) is 7.28. The topological polar surface area (TPSA) is 40.9 Å². The summed E-state index contributed by atoms with van der Waals surface area (Å²) < 4.78 is 0. The average Bonchev–Trinajstić information content (AvgIpc) is 1.90. The first-order valence-corrected chi connectivity index (χ1v) is 3.29. The molecule has 0 amide bonds. The lowest BCUT2D eigenvalue weighted by Crippen LogP contribution is -2.15. The van der Waals surface area contributed by atoms with Crippen LogP contribution in [0.3, 0.4) is 0 Å². The van der Waals surface area contributed by atoms with E-state index in [0.717, 1.165) is 6.42 Å². The molecule has 0 aromatic carbocycles. The molecule has 0 bridgehead atoms. The fourth-order valence-electron chi connectivity index (χ4n) is 0.536. The maximum absolute atomic E-state index is 10.0. The molecule has 0 spiro atoms. The third-order valence-corrected chi connectivity index (χ3v) is 1.65. The van der Waals surface area contributed by atoms with Gasteiger partial charge in [-0.1, -0.05) is 6.92 Å². The highest BCUT2D eigenvalue weighted by Gasteiger charge is 2.12. The van der Waals surface area contributed by atoms with Gasteiger partial charge in [0.1, 0.15) is 6.29 Å². The van der Waals surface area contributed by atoms with E-state index in [1.807, 2.05) is 6.92 Å². The highest BCUT2D eigenvalue weighted by atomic mass is 35.5. The predicted octanol–water partition coefficient (Wildman–Crippen LogP) is 1.47. The van der Waals surface area contributed by atoms with E-state index < -0.39 is 5.38 Å². The summed E-state index contributed by atoms with van der Waals surface area (Å²) in [6.07, 6.45) is 2.63. The minimum atomic E-state index is -0.521. The fourth-order valence-corrected chi connectivity index (χ4v) is 0.787. The maximum Gasteiger partial charge on any atom is 0.138 e. The van der Waals surface area contributed by atoms with Gasteiger partial charge in [0.2, 0.25) is 0 Å². The van der Waals surface area contributed by atoms with Crippen molar-refractivity contribution in [1.29, 1.82) is 5.41 Å². The first kappa shape index (κ1) is 8.63. The van der Waals surface area contributed by atoms with Crippen LogP contribution in [0, 0.1) is 11.3 Å². The SMILES string of the molecule is CCC(C=N)[C@H](Cl)C=O. The van der Waals surface area contributed by atoms with Crippen LogP contribution >= 0.6 is 11.6 Å². The second kappa shape index (κ2) is 4.50. The van der Waals surface area contributed by atoms with Gasteiger partial charge in [0.15, 0.2) is 0 Å². The molecule has 9 heavy (non-hydrogen) atoms. The molecule has 2 nitrogen and oxygen atoms in total. The van der Waals surface area contributed by atoms with Crippen LogP contribution in [0.4, 0.5) is 0 Å². The number of carbonyl (C=O) groups excluding carboxylic acids is 1. The molecule has 1 N–H and O–H groups in total. The van der Waals surface area contributed by atoms with E-state index in [1.54, 1.807) is 0 Å². The van der Waals surface area contributed by atoms with E-state index in [9.17, 15) is 4.79 Å². The number of rotatable bonds is 4. The molecule has 1 unspecified atom stereocenters. The summed E-state index contributed by atoms with van der Waals surface area (Å²) in [4.78, 5) is 10.0. The smallest absolute Gasteiger partial charge is 0.138 e. The molecule has 3 heteroatoms. The second-order valence-electron chi connectivity index (χ2n) is 1.82. The average molecular weight is 148 g/mol. The Morgan fingerprint density at radius 3 is 2.44 bits per heavy atom. The van der Waals surface area contributed by atoms with Crippen molar-refractivity contribution in [2.75, 3.05) is 0 Å². The number of hydrogen-bond acceptors (Lipinski definition) is 2. The molecule has 0 saturated heterocycles. The Morgan fingerprint density at radius 1 is 1.78 bits per heavy atom. The van der Waals surface area contributed by atoms with Crippen molar-refractivity contribution < 1.29 is 4.79 Å². The molecule has 2 atom stereocenters. The molecule has 0 fully saturated rings. The molecule has 0 heterocycles. The number of alkyl halides is 1. The molecular formula is C6H10ClNO. The minimum absolute atomic E-state index is 0.0934. The van der Waals surface area contributed by atoms with Gasteiger partial charge >= 0.3 is 0 Å². The van der Waals surface area contributed by atoms with Gasteiger partial charge in [-0.05, 0) is 6.42 Å². The van der Waals surface area contributed by atoms with Gasteiger partial charge in [-0.15, -0.1) is 11.6 Å². The van der Waals surface area contributed by atoms with Crippen molar-refractivity contribution in [3.8, 4) is 0 Å². The monoisotopic (exact) mass is 147 g/mol. The predicted molar refractivity (Wildman–Crippen MR) is 38.3 cm³/mol. The van der Waals surface area contributed by atoms with Gasteiger partial charge in [0, 0.05) is 12.1 Å². The Kier molecular flexibility index (Phi) is 4.32. The zero-order valence-electron chi connectivity index (χ0n) is 5.30. The lowest BCUT2D eigenvalue weighted by Gasteiger charge is -2.07. The van der Waals surface area contributed by atoms with E-state index >= 15 is 0 Å². The van der Waals surface area contributed by atoms with E-state index in [-0.39, 0.29) is 5.92 Å². The molecule has 0 aromatic rings. The summed E-state index contributed by atoms with van der Waals surface area (Å²) >= 11 is 5.51. The van der Waals surface area contributed by atoms with Gasteiger partial charge in [-0.2, -0.15) is 0 Å². The zero-order valence-corrected chi connectivity index (χ0v) is 6.06. The highest BCUT2D eigenvalue weighted by molar-refractivity contribution is 6.28. The van der Waals surface area contributed by atoms with Gasteiger partial charge in [0.25, 0.3) is 0 Å². The van der Waals surface area contributed by atoms with Crippen LogP contribution in [0.2, 0.25) is 0 Å². The summed E-state index contributed by atoms with van der Waals surface area (Å²) in [5, 5.41) is 6.30. The quantitative estimate of drug-likeness (QED) is 0.365. The molecule has 0 radical (unpaired) electrons. The Labute approximate surface area is 59.7 Å². The van der Waals surface area contributed by atoms with E-state index in [1.165, 1.54) is 6.21 Å². The molecule has 0 rings (SSSR count). The Hall–Kier alpha value is -0.370. The van der Waals surface area contributed by atoms with Crippen molar-refractivity contribution in [2.45, 2.75) is 18.7 Å². The van der Waals surface area contributed by atoms with Gasteiger partial charge < -0.3 is 10.2 Å². The van der Waals surface area contributed by atoms with Gasteiger partial charge in [0.05, 0.1) is 5.38 Å². The van der Waals surface area contributed by atoms with Crippen molar-refractivity contribution >= 4 is 24.1 Å². The number of nitrogens with one attached hydrogen (secondary N) is 1. The van der Waals surface area contributed by atoms with E-state index in [0.29, 0.717) is 6.29 Å².